The summed E-state index contributed by atoms with van der Waals surface area (Å²) in [6.45, 7) is 0. The molecule has 0 amide bonds. The van der Waals surface area contributed by atoms with Gasteiger partial charge in [0.1, 0.15) is 5.70 Å². The van der Waals surface area contributed by atoms with Gasteiger partial charge in [-0.15, -0.1) is 0 Å². The maximum absolute atomic E-state index is 10.7. The van der Waals surface area contributed by atoms with E-state index in [1.807, 2.05) is 0 Å². The van der Waals surface area contributed by atoms with Crippen molar-refractivity contribution in [2.75, 3.05) is 5.32 Å². The standard InChI is InChI=1S/C10H8N2O6/c13-9(14)5-8(10(15)16)11-6-1-3-7(4-2-6)12(17)18/h1-5,11H,(H,13,14)(H,15,16)/b8-5+. The van der Waals surface area contributed by atoms with Crippen LogP contribution < -0.4 is 5.32 Å². The molecule has 94 valence electrons. The highest BCUT2D eigenvalue weighted by atomic mass is 16.6. The lowest BCUT2D eigenvalue weighted by molar-refractivity contribution is -0.384. The number of nitrogens with zero attached hydrogens (tertiary/aromatic N) is 1. The molecule has 0 spiro atoms. The summed E-state index contributed by atoms with van der Waals surface area (Å²) in [5.74, 6) is -2.86. The summed E-state index contributed by atoms with van der Waals surface area (Å²) >= 11 is 0. The van der Waals surface area contributed by atoms with Crippen molar-refractivity contribution in [3.8, 4) is 0 Å². The fraction of sp³-hybridized carbons (Fsp3) is 0. The summed E-state index contributed by atoms with van der Waals surface area (Å²) in [4.78, 5) is 30.9. The van der Waals surface area contributed by atoms with Crippen molar-refractivity contribution in [1.29, 1.82) is 0 Å². The summed E-state index contributed by atoms with van der Waals surface area (Å²) in [5.41, 5.74) is -0.466. The van der Waals surface area contributed by atoms with Crippen molar-refractivity contribution in [3.63, 3.8) is 0 Å². The first-order valence-corrected chi connectivity index (χ1v) is 4.59. The molecule has 0 unspecified atom stereocenters. The number of nitro groups is 1. The van der Waals surface area contributed by atoms with Crippen LogP contribution in [0, 0.1) is 10.1 Å². The number of nitro benzene ring substituents is 1. The molecule has 1 aromatic carbocycles. The number of rotatable bonds is 5. The molecule has 0 heterocycles. The summed E-state index contributed by atoms with van der Waals surface area (Å²) in [7, 11) is 0. The minimum absolute atomic E-state index is 0.153. The molecule has 18 heavy (non-hydrogen) atoms. The molecular weight excluding hydrogens is 244 g/mol. The summed E-state index contributed by atoms with van der Waals surface area (Å²) in [6, 6.07) is 4.89. The minimum Gasteiger partial charge on any atom is -0.478 e. The third-order valence-corrected chi connectivity index (χ3v) is 1.86. The molecule has 0 saturated heterocycles. The molecule has 3 N–H and O–H groups in total. The van der Waals surface area contributed by atoms with E-state index in [2.05, 4.69) is 5.32 Å². The Hall–Kier alpha value is -2.90. The lowest BCUT2D eigenvalue weighted by Crippen LogP contribution is -2.12. The van der Waals surface area contributed by atoms with Crippen molar-refractivity contribution in [3.05, 3.63) is 46.2 Å². The molecule has 0 radical (unpaired) electrons. The monoisotopic (exact) mass is 252 g/mol. The average molecular weight is 252 g/mol. The number of benzene rings is 1. The highest BCUT2D eigenvalue weighted by molar-refractivity contribution is 5.97. The fourth-order valence-corrected chi connectivity index (χ4v) is 1.10. The number of carboxylic acids is 2. The van der Waals surface area contributed by atoms with Crippen LogP contribution in [0.3, 0.4) is 0 Å². The average Bonchev–Trinajstić information content (AvgIpc) is 2.28. The van der Waals surface area contributed by atoms with Gasteiger partial charge in [0, 0.05) is 17.8 Å². The van der Waals surface area contributed by atoms with Crippen LogP contribution in [0.1, 0.15) is 0 Å². The lowest BCUT2D eigenvalue weighted by atomic mass is 10.2. The number of anilines is 1. The zero-order valence-electron chi connectivity index (χ0n) is 8.86. The summed E-state index contributed by atoms with van der Waals surface area (Å²) in [6.07, 6.45) is 0.490. The van der Waals surface area contributed by atoms with Gasteiger partial charge in [0.05, 0.1) is 11.0 Å². The second-order valence-corrected chi connectivity index (χ2v) is 3.13. The number of carboxylic acid groups (broad SMARTS) is 2. The van der Waals surface area contributed by atoms with E-state index in [1.54, 1.807) is 0 Å². The van der Waals surface area contributed by atoms with Crippen LogP contribution in [0.4, 0.5) is 11.4 Å². The van der Waals surface area contributed by atoms with Crippen LogP contribution in [0.25, 0.3) is 0 Å². The molecule has 0 saturated carbocycles. The topological polar surface area (TPSA) is 130 Å². The Bertz CT molecular complexity index is 520. The predicted octanol–water partition coefficient (Wildman–Crippen LogP) is 1.06. The second kappa shape index (κ2) is 5.43. The minimum atomic E-state index is -1.45. The third-order valence-electron chi connectivity index (χ3n) is 1.86. The molecule has 1 rings (SSSR count). The Morgan fingerprint density at radius 3 is 2.17 bits per heavy atom. The van der Waals surface area contributed by atoms with Gasteiger partial charge in [0.2, 0.25) is 0 Å². The predicted molar refractivity (Wildman–Crippen MR) is 60.1 cm³/mol. The molecule has 8 nitrogen and oxygen atoms in total. The molecule has 1 aromatic rings. The number of carbonyl (C=O) groups is 2. The third kappa shape index (κ3) is 3.59. The molecule has 0 aliphatic carbocycles. The second-order valence-electron chi connectivity index (χ2n) is 3.13. The van der Waals surface area contributed by atoms with Crippen LogP contribution in [0.15, 0.2) is 36.0 Å². The van der Waals surface area contributed by atoms with E-state index in [9.17, 15) is 19.7 Å². The molecular formula is C10H8N2O6. The van der Waals surface area contributed by atoms with E-state index in [0.717, 1.165) is 0 Å². The number of nitrogens with one attached hydrogen (secondary N) is 1. The lowest BCUT2D eigenvalue weighted by Gasteiger charge is -2.05. The molecule has 8 heteroatoms. The summed E-state index contributed by atoms with van der Waals surface area (Å²) < 4.78 is 0. The maximum atomic E-state index is 10.7. The van der Waals surface area contributed by atoms with E-state index in [-0.39, 0.29) is 11.4 Å². The molecule has 0 atom stereocenters. The number of hydrogen-bond donors (Lipinski definition) is 3. The Labute approximate surface area is 100 Å². The van der Waals surface area contributed by atoms with Gasteiger partial charge in [-0.05, 0) is 12.1 Å². The van der Waals surface area contributed by atoms with E-state index in [1.165, 1.54) is 24.3 Å². The van der Waals surface area contributed by atoms with Crippen molar-refractivity contribution in [2.24, 2.45) is 0 Å². The van der Waals surface area contributed by atoms with Crippen LogP contribution in [0.5, 0.6) is 0 Å². The zero-order chi connectivity index (χ0) is 13.7. The highest BCUT2D eigenvalue weighted by Crippen LogP contribution is 2.16. The first kappa shape index (κ1) is 13.2. The normalized spacial score (nSPS) is 10.8. The highest BCUT2D eigenvalue weighted by Gasteiger charge is 2.10. The van der Waals surface area contributed by atoms with Gasteiger partial charge >= 0.3 is 11.9 Å². The van der Waals surface area contributed by atoms with Gasteiger partial charge in [-0.1, -0.05) is 0 Å². The molecule has 0 aliphatic rings. The number of aliphatic carboxylic acids is 2. The van der Waals surface area contributed by atoms with Crippen molar-refractivity contribution < 1.29 is 24.7 Å². The Morgan fingerprint density at radius 1 is 1.22 bits per heavy atom. The SMILES string of the molecule is O=C(O)/C=C(/Nc1ccc([N+](=O)[O-])cc1)C(=O)O. The van der Waals surface area contributed by atoms with Gasteiger partial charge in [0.15, 0.2) is 0 Å². The van der Waals surface area contributed by atoms with E-state index in [4.69, 9.17) is 10.2 Å². The molecule has 0 aromatic heterocycles. The first-order valence-electron chi connectivity index (χ1n) is 4.59. The van der Waals surface area contributed by atoms with Crippen molar-refractivity contribution >= 4 is 23.3 Å². The van der Waals surface area contributed by atoms with Crippen LogP contribution in [0.2, 0.25) is 0 Å². The van der Waals surface area contributed by atoms with Crippen LogP contribution in [-0.2, 0) is 9.59 Å². The largest absolute Gasteiger partial charge is 0.478 e. The maximum Gasteiger partial charge on any atom is 0.352 e. The quantitative estimate of drug-likeness (QED) is 0.405. The van der Waals surface area contributed by atoms with E-state index >= 15 is 0 Å². The Kier molecular flexibility index (Phi) is 3.98. The molecule has 0 bridgehead atoms. The number of non-ortho nitro benzene ring substituents is 1. The van der Waals surface area contributed by atoms with Gasteiger partial charge in [0.25, 0.3) is 5.69 Å². The fourth-order valence-electron chi connectivity index (χ4n) is 1.10. The van der Waals surface area contributed by atoms with E-state index < -0.39 is 22.6 Å². The van der Waals surface area contributed by atoms with Crippen LogP contribution in [-0.4, -0.2) is 27.1 Å². The smallest absolute Gasteiger partial charge is 0.352 e. The molecule has 0 aliphatic heterocycles. The van der Waals surface area contributed by atoms with Gasteiger partial charge in [-0.2, -0.15) is 0 Å². The van der Waals surface area contributed by atoms with E-state index in [0.29, 0.717) is 6.08 Å². The van der Waals surface area contributed by atoms with Gasteiger partial charge in [-0.25, -0.2) is 9.59 Å². The zero-order valence-corrected chi connectivity index (χ0v) is 8.86. The first-order chi connectivity index (χ1) is 8.40. The van der Waals surface area contributed by atoms with Crippen LogP contribution >= 0.6 is 0 Å². The van der Waals surface area contributed by atoms with Gasteiger partial charge in [-0.3, -0.25) is 10.1 Å². The van der Waals surface area contributed by atoms with Crippen molar-refractivity contribution in [2.45, 2.75) is 0 Å². The Balaban J connectivity index is 2.92. The molecule has 0 fully saturated rings. The Morgan fingerprint density at radius 2 is 1.78 bits per heavy atom. The number of hydrogen-bond acceptors (Lipinski definition) is 5. The van der Waals surface area contributed by atoms with Gasteiger partial charge < -0.3 is 15.5 Å². The van der Waals surface area contributed by atoms with Crippen molar-refractivity contribution in [1.82, 2.24) is 0 Å². The summed E-state index contributed by atoms with van der Waals surface area (Å²) in [5, 5.41) is 29.9.